The van der Waals surface area contributed by atoms with Crippen LogP contribution in [0.1, 0.15) is 30.7 Å². The van der Waals surface area contributed by atoms with Crippen molar-refractivity contribution in [3.8, 4) is 28.1 Å². The summed E-state index contributed by atoms with van der Waals surface area (Å²) in [6, 6.07) is 18.4. The molecule has 0 bridgehead atoms. The van der Waals surface area contributed by atoms with Crippen LogP contribution in [0.3, 0.4) is 0 Å². The third kappa shape index (κ3) is 3.89. The van der Waals surface area contributed by atoms with E-state index in [0.717, 1.165) is 45.9 Å². The lowest BCUT2D eigenvalue weighted by Gasteiger charge is -2.18. The van der Waals surface area contributed by atoms with Crippen LogP contribution in [0.5, 0.6) is 5.75 Å². The van der Waals surface area contributed by atoms with Crippen molar-refractivity contribution in [3.63, 3.8) is 0 Å². The highest BCUT2D eigenvalue weighted by Crippen LogP contribution is 2.43. The van der Waals surface area contributed by atoms with Crippen LogP contribution in [-0.4, -0.2) is 18.0 Å². The Morgan fingerprint density at radius 1 is 1.12 bits per heavy atom. The molecule has 1 atom stereocenters. The zero-order valence-corrected chi connectivity index (χ0v) is 19.4. The van der Waals surface area contributed by atoms with E-state index in [1.54, 1.807) is 7.11 Å². The number of anilines is 1. The molecule has 2 aromatic carbocycles. The Labute approximate surface area is 192 Å². The van der Waals surface area contributed by atoms with Gasteiger partial charge in [-0.2, -0.15) is 0 Å². The van der Waals surface area contributed by atoms with Crippen LogP contribution in [0.25, 0.3) is 32.6 Å². The number of pyridine rings is 1. The van der Waals surface area contributed by atoms with E-state index in [4.69, 9.17) is 9.72 Å². The Balaban J connectivity index is 1.71. The highest BCUT2D eigenvalue weighted by molar-refractivity contribution is 7.19. The number of aromatic nitrogens is 1. The lowest BCUT2D eigenvalue weighted by atomic mass is 9.87. The van der Waals surface area contributed by atoms with Crippen molar-refractivity contribution >= 4 is 33.1 Å². The molecule has 0 saturated carbocycles. The third-order valence-electron chi connectivity index (χ3n) is 6.15. The van der Waals surface area contributed by atoms with Gasteiger partial charge in [0.2, 0.25) is 5.91 Å². The van der Waals surface area contributed by atoms with Gasteiger partial charge in [-0.15, -0.1) is 11.3 Å². The number of benzene rings is 2. The molecule has 4 aromatic rings. The number of hydrogen-bond acceptors (Lipinski definition) is 4. The Hall–Kier alpha value is -3.18. The summed E-state index contributed by atoms with van der Waals surface area (Å²) in [4.78, 5) is 19.2. The van der Waals surface area contributed by atoms with Crippen LogP contribution >= 0.6 is 11.3 Å². The number of hydrogen-bond donors (Lipinski definition) is 1. The largest absolute Gasteiger partial charge is 0.497 e. The predicted octanol–water partition coefficient (Wildman–Crippen LogP) is 6.72. The van der Waals surface area contributed by atoms with E-state index in [-0.39, 0.29) is 5.91 Å². The lowest BCUT2D eigenvalue weighted by molar-refractivity contribution is -0.114. The fourth-order valence-electron chi connectivity index (χ4n) is 4.55. The van der Waals surface area contributed by atoms with E-state index in [0.29, 0.717) is 5.92 Å². The molecule has 1 unspecified atom stereocenters. The number of carbonyl (C=O) groups is 1. The summed E-state index contributed by atoms with van der Waals surface area (Å²) in [6.45, 7) is 3.86. The Bertz CT molecular complexity index is 1310. The molecule has 0 spiro atoms. The van der Waals surface area contributed by atoms with Gasteiger partial charge in [0.05, 0.1) is 12.8 Å². The molecule has 0 fully saturated rings. The van der Waals surface area contributed by atoms with Gasteiger partial charge in [-0.25, -0.2) is 4.98 Å². The number of nitrogens with zero attached hydrogens (tertiary/aromatic N) is 1. The van der Waals surface area contributed by atoms with Crippen LogP contribution in [0.2, 0.25) is 0 Å². The molecule has 32 heavy (non-hydrogen) atoms. The summed E-state index contributed by atoms with van der Waals surface area (Å²) < 4.78 is 5.37. The van der Waals surface area contributed by atoms with Crippen LogP contribution < -0.4 is 10.1 Å². The molecular formula is C27H26N2O2S. The van der Waals surface area contributed by atoms with Crippen molar-refractivity contribution in [1.29, 1.82) is 0 Å². The maximum Gasteiger partial charge on any atom is 0.221 e. The van der Waals surface area contributed by atoms with E-state index < -0.39 is 0 Å². The molecule has 2 heterocycles. The number of fused-ring (bicyclic) bond motifs is 3. The maximum atomic E-state index is 11.5. The fraction of sp³-hybridized carbons (Fsp3) is 0.259. The second-order valence-corrected chi connectivity index (χ2v) is 9.66. The molecule has 1 N–H and O–H groups in total. The van der Waals surface area contributed by atoms with Crippen LogP contribution in [0.4, 0.5) is 5.69 Å². The highest BCUT2D eigenvalue weighted by atomic mass is 32.1. The monoisotopic (exact) mass is 442 g/mol. The number of ether oxygens (including phenoxy) is 1. The summed E-state index contributed by atoms with van der Waals surface area (Å²) in [5.41, 5.74) is 6.54. The number of amides is 1. The topological polar surface area (TPSA) is 51.2 Å². The number of nitrogens with one attached hydrogen (secondary N) is 1. The van der Waals surface area contributed by atoms with Gasteiger partial charge in [0.25, 0.3) is 0 Å². The van der Waals surface area contributed by atoms with Crippen molar-refractivity contribution in [2.45, 2.75) is 33.1 Å². The molecule has 1 aliphatic carbocycles. The molecule has 0 aliphatic heterocycles. The lowest BCUT2D eigenvalue weighted by Crippen LogP contribution is -2.08. The second-order valence-electron chi connectivity index (χ2n) is 8.58. The SMILES string of the molecule is COc1ccc(-c2cc(-c3cccc(NC(C)=O)c3)nc3sc4c(c23)CCC(C)C4)cc1. The summed E-state index contributed by atoms with van der Waals surface area (Å²) >= 11 is 1.84. The minimum Gasteiger partial charge on any atom is -0.497 e. The van der Waals surface area contributed by atoms with Gasteiger partial charge in [-0.05, 0) is 72.2 Å². The number of carbonyl (C=O) groups excluding carboxylic acids is 1. The van der Waals surface area contributed by atoms with Crippen LogP contribution in [-0.2, 0) is 17.6 Å². The number of methoxy groups -OCH3 is 1. The van der Waals surface area contributed by atoms with E-state index in [2.05, 4.69) is 30.4 Å². The summed E-state index contributed by atoms with van der Waals surface area (Å²) in [5, 5.41) is 4.17. The molecule has 1 aliphatic rings. The molecular weight excluding hydrogens is 416 g/mol. The molecule has 0 radical (unpaired) electrons. The van der Waals surface area contributed by atoms with Crippen molar-refractivity contribution < 1.29 is 9.53 Å². The fourth-order valence-corrected chi connectivity index (χ4v) is 5.96. The van der Waals surface area contributed by atoms with E-state index in [1.807, 2.05) is 47.7 Å². The van der Waals surface area contributed by atoms with E-state index in [9.17, 15) is 4.79 Å². The minimum absolute atomic E-state index is 0.0791. The number of rotatable bonds is 4. The smallest absolute Gasteiger partial charge is 0.221 e. The van der Waals surface area contributed by atoms with Crippen molar-refractivity contribution in [3.05, 3.63) is 65.0 Å². The first-order chi connectivity index (χ1) is 15.5. The van der Waals surface area contributed by atoms with E-state index >= 15 is 0 Å². The van der Waals surface area contributed by atoms with Crippen molar-refractivity contribution in [1.82, 2.24) is 4.98 Å². The first-order valence-electron chi connectivity index (χ1n) is 11.0. The van der Waals surface area contributed by atoms with Crippen molar-refractivity contribution in [2.24, 2.45) is 5.92 Å². The van der Waals surface area contributed by atoms with Gasteiger partial charge in [-0.3, -0.25) is 4.79 Å². The molecule has 162 valence electrons. The quantitative estimate of drug-likeness (QED) is 0.382. The minimum atomic E-state index is -0.0791. The molecule has 5 heteroatoms. The molecule has 5 rings (SSSR count). The standard InChI is InChI=1S/C27H26N2O2S/c1-16-7-12-22-25(13-16)32-27-26(22)23(18-8-10-21(31-3)11-9-18)15-24(29-27)19-5-4-6-20(14-19)28-17(2)30/h4-6,8-11,14-16H,7,12-13H2,1-3H3,(H,28,30). The first kappa shape index (κ1) is 20.7. The average molecular weight is 443 g/mol. The summed E-state index contributed by atoms with van der Waals surface area (Å²) in [7, 11) is 1.69. The zero-order valence-electron chi connectivity index (χ0n) is 18.6. The number of thiophene rings is 1. The normalized spacial score (nSPS) is 15.4. The first-order valence-corrected chi connectivity index (χ1v) is 11.8. The van der Waals surface area contributed by atoms with Gasteiger partial charge >= 0.3 is 0 Å². The Kier molecular flexibility index (Phi) is 5.43. The summed E-state index contributed by atoms with van der Waals surface area (Å²) in [5.74, 6) is 1.49. The van der Waals surface area contributed by atoms with Crippen LogP contribution in [0, 0.1) is 5.92 Å². The molecule has 2 aromatic heterocycles. The number of aryl methyl sites for hydroxylation is 1. The molecule has 4 nitrogen and oxygen atoms in total. The maximum absolute atomic E-state index is 11.5. The summed E-state index contributed by atoms with van der Waals surface area (Å²) in [6.07, 6.45) is 3.46. The van der Waals surface area contributed by atoms with Gasteiger partial charge in [0.1, 0.15) is 10.6 Å². The highest BCUT2D eigenvalue weighted by Gasteiger charge is 2.24. The molecule has 0 saturated heterocycles. The molecule has 1 amide bonds. The van der Waals surface area contributed by atoms with Gasteiger partial charge in [-0.1, -0.05) is 31.2 Å². The third-order valence-corrected chi connectivity index (χ3v) is 7.29. The predicted molar refractivity (Wildman–Crippen MR) is 133 cm³/mol. The average Bonchev–Trinajstić information content (AvgIpc) is 3.15. The van der Waals surface area contributed by atoms with Crippen molar-refractivity contribution in [2.75, 3.05) is 12.4 Å². The van der Waals surface area contributed by atoms with Gasteiger partial charge < -0.3 is 10.1 Å². The Morgan fingerprint density at radius 2 is 1.94 bits per heavy atom. The zero-order chi connectivity index (χ0) is 22.2. The van der Waals surface area contributed by atoms with Crippen LogP contribution in [0.15, 0.2) is 54.6 Å². The van der Waals surface area contributed by atoms with Gasteiger partial charge in [0, 0.05) is 28.4 Å². The Morgan fingerprint density at radius 3 is 2.69 bits per heavy atom. The van der Waals surface area contributed by atoms with E-state index in [1.165, 1.54) is 34.7 Å². The second kappa shape index (κ2) is 8.40. The van der Waals surface area contributed by atoms with Gasteiger partial charge in [0.15, 0.2) is 0 Å².